The monoisotopic (exact) mass is 614 g/mol. The molecule has 0 aliphatic heterocycles. The van der Waals surface area contributed by atoms with Crippen LogP contribution < -0.4 is 10.6 Å². The van der Waals surface area contributed by atoms with E-state index in [-0.39, 0.29) is 37.4 Å². The molecule has 3 aromatic rings. The second-order valence-electron chi connectivity index (χ2n) is 7.82. The van der Waals surface area contributed by atoms with Gasteiger partial charge in [0.2, 0.25) is 0 Å². The predicted octanol–water partition coefficient (Wildman–Crippen LogP) is 8.06. The van der Waals surface area contributed by atoms with E-state index in [1.165, 1.54) is 23.6 Å². The topological polar surface area (TPSA) is 58.2 Å². The van der Waals surface area contributed by atoms with Gasteiger partial charge in [0.25, 0.3) is 11.8 Å². The molecule has 198 valence electrons. The molecule has 0 aliphatic carbocycles. The molecular formula is C23H15BrF8N2O2S. The standard InChI is InChI=1S/C23H15BrF8N2O2S/c1-10-7-12(21(26,22(27,28)29)23(30,31)32)8-11(2)17(10)33-19(36)14-9-37-20(16(14)24)34-18(35)13-5-3-4-6-15(13)25/h3-9H,1-2H3,(H,33,36)(H,34,35). The van der Waals surface area contributed by atoms with Crippen molar-refractivity contribution in [1.29, 1.82) is 0 Å². The number of nitrogens with one attached hydrogen (secondary N) is 2. The van der Waals surface area contributed by atoms with Crippen LogP contribution >= 0.6 is 27.3 Å². The average molecular weight is 615 g/mol. The maximum Gasteiger partial charge on any atom is 0.435 e. The lowest BCUT2D eigenvalue weighted by Crippen LogP contribution is -2.50. The number of halogens is 9. The molecule has 1 heterocycles. The molecule has 1 aromatic heterocycles. The summed E-state index contributed by atoms with van der Waals surface area (Å²) >= 11 is 4.05. The van der Waals surface area contributed by atoms with Gasteiger partial charge in [-0.1, -0.05) is 24.3 Å². The van der Waals surface area contributed by atoms with Crippen molar-refractivity contribution in [1.82, 2.24) is 0 Å². The van der Waals surface area contributed by atoms with Crippen LogP contribution in [0.15, 0.2) is 46.3 Å². The second kappa shape index (κ2) is 10.0. The Morgan fingerprint density at radius 2 is 1.35 bits per heavy atom. The van der Waals surface area contributed by atoms with Gasteiger partial charge in [0.1, 0.15) is 10.8 Å². The summed E-state index contributed by atoms with van der Waals surface area (Å²) in [5.41, 5.74) is -8.20. The Morgan fingerprint density at radius 3 is 1.86 bits per heavy atom. The molecule has 37 heavy (non-hydrogen) atoms. The molecule has 0 fully saturated rings. The Kier molecular flexibility index (Phi) is 7.76. The van der Waals surface area contributed by atoms with Gasteiger partial charge in [0.05, 0.1) is 15.6 Å². The molecule has 2 N–H and O–H groups in total. The lowest BCUT2D eigenvalue weighted by molar-refractivity contribution is -0.348. The van der Waals surface area contributed by atoms with Gasteiger partial charge in [0.15, 0.2) is 0 Å². The van der Waals surface area contributed by atoms with Crippen LogP contribution in [0, 0.1) is 19.7 Å². The van der Waals surface area contributed by atoms with Gasteiger partial charge < -0.3 is 10.6 Å². The third-order valence-electron chi connectivity index (χ3n) is 5.27. The number of hydrogen-bond acceptors (Lipinski definition) is 3. The Bertz CT molecular complexity index is 1330. The van der Waals surface area contributed by atoms with E-state index in [0.717, 1.165) is 31.3 Å². The number of alkyl halides is 7. The molecule has 0 spiro atoms. The van der Waals surface area contributed by atoms with E-state index in [0.29, 0.717) is 12.1 Å². The van der Waals surface area contributed by atoms with Gasteiger partial charge in [-0.2, -0.15) is 26.3 Å². The molecule has 14 heteroatoms. The highest BCUT2D eigenvalue weighted by molar-refractivity contribution is 9.10. The molecule has 4 nitrogen and oxygen atoms in total. The van der Waals surface area contributed by atoms with E-state index in [2.05, 4.69) is 26.6 Å². The summed E-state index contributed by atoms with van der Waals surface area (Å²) in [5, 5.41) is 6.27. The van der Waals surface area contributed by atoms with E-state index >= 15 is 0 Å². The molecule has 2 aromatic carbocycles. The zero-order valence-corrected chi connectivity index (χ0v) is 21.1. The van der Waals surface area contributed by atoms with Crippen molar-refractivity contribution < 1.29 is 44.7 Å². The number of hydrogen-bond donors (Lipinski definition) is 2. The van der Waals surface area contributed by atoms with Crippen LogP contribution in [-0.2, 0) is 5.67 Å². The molecule has 0 bridgehead atoms. The first kappa shape index (κ1) is 28.6. The van der Waals surface area contributed by atoms with Gasteiger partial charge in [-0.3, -0.25) is 9.59 Å². The number of anilines is 2. The third kappa shape index (κ3) is 5.35. The fourth-order valence-electron chi connectivity index (χ4n) is 3.43. The highest BCUT2D eigenvalue weighted by Gasteiger charge is 2.73. The zero-order chi connectivity index (χ0) is 27.9. The van der Waals surface area contributed by atoms with Crippen molar-refractivity contribution in [3.63, 3.8) is 0 Å². The van der Waals surface area contributed by atoms with Crippen molar-refractivity contribution >= 4 is 49.8 Å². The van der Waals surface area contributed by atoms with E-state index in [1.54, 1.807) is 0 Å². The first-order valence-corrected chi connectivity index (χ1v) is 11.7. The van der Waals surface area contributed by atoms with Crippen molar-refractivity contribution in [3.8, 4) is 0 Å². The minimum absolute atomic E-state index is 0.0397. The van der Waals surface area contributed by atoms with Gasteiger partial charge in [0, 0.05) is 16.6 Å². The molecule has 0 aliphatic rings. The quantitative estimate of drug-likeness (QED) is 0.286. The number of carbonyl (C=O) groups excluding carboxylic acids is 2. The lowest BCUT2D eigenvalue weighted by Gasteiger charge is -2.31. The van der Waals surface area contributed by atoms with Crippen LogP contribution in [-0.4, -0.2) is 24.2 Å². The van der Waals surface area contributed by atoms with Gasteiger partial charge >= 0.3 is 18.0 Å². The molecule has 0 radical (unpaired) electrons. The summed E-state index contributed by atoms with van der Waals surface area (Å²) in [6, 6.07) is 5.92. The summed E-state index contributed by atoms with van der Waals surface area (Å²) in [6.07, 6.45) is -12.6. The fourth-order valence-corrected chi connectivity index (χ4v) is 5.08. The maximum absolute atomic E-state index is 14.5. The highest BCUT2D eigenvalue weighted by Crippen LogP contribution is 2.53. The summed E-state index contributed by atoms with van der Waals surface area (Å²) in [7, 11) is 0. The Hall–Kier alpha value is -3.00. The molecule has 0 saturated carbocycles. The third-order valence-corrected chi connectivity index (χ3v) is 7.25. The second-order valence-corrected chi connectivity index (χ2v) is 9.49. The number of amides is 2. The largest absolute Gasteiger partial charge is 0.435 e. The highest BCUT2D eigenvalue weighted by atomic mass is 79.9. The Balaban J connectivity index is 1.88. The van der Waals surface area contributed by atoms with Crippen molar-refractivity contribution in [2.45, 2.75) is 31.9 Å². The molecule has 2 amide bonds. The number of thiophene rings is 1. The Morgan fingerprint density at radius 1 is 0.838 bits per heavy atom. The van der Waals surface area contributed by atoms with Gasteiger partial charge in [-0.15, -0.1) is 11.3 Å². The fraction of sp³-hybridized carbons (Fsp3) is 0.217. The lowest BCUT2D eigenvalue weighted by atomic mass is 9.90. The molecule has 0 atom stereocenters. The molecular weight excluding hydrogens is 600 g/mol. The van der Waals surface area contributed by atoms with Crippen LogP contribution in [0.5, 0.6) is 0 Å². The van der Waals surface area contributed by atoms with Crippen LogP contribution in [0.1, 0.15) is 37.4 Å². The van der Waals surface area contributed by atoms with Crippen LogP contribution in [0.25, 0.3) is 0 Å². The Labute approximate surface area is 216 Å². The number of rotatable bonds is 5. The first-order valence-electron chi connectivity index (χ1n) is 10.1. The van der Waals surface area contributed by atoms with Gasteiger partial charge in [-0.05, 0) is 53.0 Å². The number of carbonyl (C=O) groups is 2. The number of aryl methyl sites for hydroxylation is 2. The zero-order valence-electron chi connectivity index (χ0n) is 18.7. The minimum Gasteiger partial charge on any atom is -0.321 e. The van der Waals surface area contributed by atoms with Gasteiger partial charge in [-0.25, -0.2) is 8.78 Å². The summed E-state index contributed by atoms with van der Waals surface area (Å²) in [5.74, 6) is -2.39. The average Bonchev–Trinajstić information content (AvgIpc) is 3.14. The van der Waals surface area contributed by atoms with Crippen LogP contribution in [0.4, 0.5) is 45.8 Å². The summed E-state index contributed by atoms with van der Waals surface area (Å²) < 4.78 is 107. The SMILES string of the molecule is Cc1cc(C(F)(C(F)(F)F)C(F)(F)F)cc(C)c1NC(=O)c1csc(NC(=O)c2ccccc2F)c1Br. The van der Waals surface area contributed by atoms with Crippen LogP contribution in [0.2, 0.25) is 0 Å². The van der Waals surface area contributed by atoms with E-state index in [1.807, 2.05) is 0 Å². The maximum atomic E-state index is 14.5. The van der Waals surface area contributed by atoms with Crippen molar-refractivity contribution in [3.05, 3.63) is 79.9 Å². The predicted molar refractivity (Wildman–Crippen MR) is 125 cm³/mol. The van der Waals surface area contributed by atoms with E-state index in [4.69, 9.17) is 0 Å². The van der Waals surface area contributed by atoms with Crippen molar-refractivity contribution in [2.75, 3.05) is 10.6 Å². The minimum atomic E-state index is -6.28. The first-order chi connectivity index (χ1) is 17.0. The van der Waals surface area contributed by atoms with E-state index in [9.17, 15) is 44.7 Å². The van der Waals surface area contributed by atoms with E-state index < -0.39 is 41.2 Å². The normalized spacial score (nSPS) is 12.4. The molecule has 0 saturated heterocycles. The summed E-state index contributed by atoms with van der Waals surface area (Å²) in [4.78, 5) is 25.2. The van der Waals surface area contributed by atoms with Crippen molar-refractivity contribution in [2.24, 2.45) is 0 Å². The number of benzene rings is 2. The van der Waals surface area contributed by atoms with Crippen LogP contribution in [0.3, 0.4) is 0 Å². The smallest absolute Gasteiger partial charge is 0.321 e. The summed E-state index contributed by atoms with van der Waals surface area (Å²) in [6.45, 7) is 2.23. The molecule has 3 rings (SSSR count). The molecule has 0 unspecified atom stereocenters.